The summed E-state index contributed by atoms with van der Waals surface area (Å²) in [4.78, 5) is 0. The van der Waals surface area contributed by atoms with Crippen LogP contribution in [-0.4, -0.2) is 13.7 Å². The maximum Gasteiger partial charge on any atom is 0.179 e. The molecule has 0 amide bonds. The SMILES string of the molecule is CCOc1c(Cl)cc(C[NH2+][C@H](C)c2ccccc2)cc1OC. The first-order valence-corrected chi connectivity index (χ1v) is 7.91. The Morgan fingerprint density at radius 3 is 2.55 bits per heavy atom. The zero-order valence-corrected chi connectivity index (χ0v) is 14.1. The van der Waals surface area contributed by atoms with E-state index in [-0.39, 0.29) is 0 Å². The molecule has 22 heavy (non-hydrogen) atoms. The average Bonchev–Trinajstić information content (AvgIpc) is 2.55. The highest BCUT2D eigenvalue weighted by molar-refractivity contribution is 6.32. The van der Waals surface area contributed by atoms with Crippen LogP contribution in [-0.2, 0) is 6.54 Å². The van der Waals surface area contributed by atoms with Gasteiger partial charge in [-0.1, -0.05) is 41.9 Å². The van der Waals surface area contributed by atoms with Crippen molar-refractivity contribution in [1.29, 1.82) is 0 Å². The molecule has 0 aliphatic heterocycles. The first kappa shape index (κ1) is 16.7. The van der Waals surface area contributed by atoms with Gasteiger partial charge in [-0.25, -0.2) is 0 Å². The van der Waals surface area contributed by atoms with Gasteiger partial charge in [-0.3, -0.25) is 0 Å². The zero-order valence-electron chi connectivity index (χ0n) is 13.3. The summed E-state index contributed by atoms with van der Waals surface area (Å²) >= 11 is 6.31. The standard InChI is InChI=1S/C18H22ClNO2/c1-4-22-18-16(19)10-14(11-17(18)21-3)12-20-13(2)15-8-6-5-7-9-15/h5-11,13,20H,4,12H2,1-3H3/p+1/t13-/m1/s1. The largest absolute Gasteiger partial charge is 0.493 e. The Morgan fingerprint density at radius 1 is 1.18 bits per heavy atom. The van der Waals surface area contributed by atoms with Crippen molar-refractivity contribution >= 4 is 11.6 Å². The molecule has 0 unspecified atom stereocenters. The van der Waals surface area contributed by atoms with Crippen LogP contribution in [0.3, 0.4) is 0 Å². The fraction of sp³-hybridized carbons (Fsp3) is 0.333. The first-order valence-electron chi connectivity index (χ1n) is 7.53. The van der Waals surface area contributed by atoms with E-state index in [0.29, 0.717) is 29.2 Å². The lowest BCUT2D eigenvalue weighted by Crippen LogP contribution is -2.83. The molecule has 4 heteroatoms. The molecule has 0 spiro atoms. The second-order valence-electron chi connectivity index (χ2n) is 5.18. The molecular formula is C18H23ClNO2+. The van der Waals surface area contributed by atoms with Gasteiger partial charge in [0.25, 0.3) is 0 Å². The van der Waals surface area contributed by atoms with Gasteiger partial charge in [-0.15, -0.1) is 0 Å². The second-order valence-corrected chi connectivity index (χ2v) is 5.59. The van der Waals surface area contributed by atoms with Crippen molar-refractivity contribution < 1.29 is 14.8 Å². The molecule has 2 aromatic carbocycles. The van der Waals surface area contributed by atoms with E-state index >= 15 is 0 Å². The second kappa shape index (κ2) is 8.06. The van der Waals surface area contributed by atoms with Crippen molar-refractivity contribution in [3.05, 3.63) is 58.6 Å². The number of halogens is 1. The number of benzene rings is 2. The number of methoxy groups -OCH3 is 1. The molecule has 2 aromatic rings. The predicted molar refractivity (Wildman–Crippen MR) is 89.7 cm³/mol. The topological polar surface area (TPSA) is 35.1 Å². The van der Waals surface area contributed by atoms with Gasteiger partial charge < -0.3 is 14.8 Å². The van der Waals surface area contributed by atoms with E-state index in [1.54, 1.807) is 7.11 Å². The third-order valence-corrected chi connectivity index (χ3v) is 3.89. The molecule has 0 heterocycles. The monoisotopic (exact) mass is 320 g/mol. The molecule has 0 aliphatic rings. The van der Waals surface area contributed by atoms with Crippen molar-refractivity contribution in [3.63, 3.8) is 0 Å². The smallest absolute Gasteiger partial charge is 0.179 e. The van der Waals surface area contributed by atoms with Crippen LogP contribution < -0.4 is 14.8 Å². The van der Waals surface area contributed by atoms with Crippen molar-refractivity contribution in [2.24, 2.45) is 0 Å². The Kier molecular flexibility index (Phi) is 6.10. The Bertz CT molecular complexity index is 602. The minimum absolute atomic E-state index is 0.387. The number of hydrogen-bond acceptors (Lipinski definition) is 2. The minimum Gasteiger partial charge on any atom is -0.493 e. The number of hydrogen-bond donors (Lipinski definition) is 1. The van der Waals surface area contributed by atoms with Gasteiger partial charge in [-0.05, 0) is 26.0 Å². The normalized spacial score (nSPS) is 12.0. The summed E-state index contributed by atoms with van der Waals surface area (Å²) in [5, 5.41) is 2.87. The van der Waals surface area contributed by atoms with E-state index in [1.165, 1.54) is 5.56 Å². The highest BCUT2D eigenvalue weighted by Crippen LogP contribution is 2.36. The maximum atomic E-state index is 6.31. The average molecular weight is 321 g/mol. The lowest BCUT2D eigenvalue weighted by Gasteiger charge is -2.14. The lowest BCUT2D eigenvalue weighted by atomic mass is 10.1. The summed E-state index contributed by atoms with van der Waals surface area (Å²) < 4.78 is 10.9. The summed E-state index contributed by atoms with van der Waals surface area (Å²) in [6.07, 6.45) is 0. The third-order valence-electron chi connectivity index (χ3n) is 3.61. The molecule has 0 fully saturated rings. The van der Waals surface area contributed by atoms with E-state index in [2.05, 4.69) is 36.5 Å². The Morgan fingerprint density at radius 2 is 1.91 bits per heavy atom. The van der Waals surface area contributed by atoms with Crippen LogP contribution in [0.25, 0.3) is 0 Å². The molecule has 0 saturated heterocycles. The van der Waals surface area contributed by atoms with Crippen LogP contribution >= 0.6 is 11.6 Å². The summed E-state index contributed by atoms with van der Waals surface area (Å²) in [6, 6.07) is 14.8. The van der Waals surface area contributed by atoms with Crippen LogP contribution in [0.15, 0.2) is 42.5 Å². The molecule has 1 atom stereocenters. The molecule has 0 aliphatic carbocycles. The van der Waals surface area contributed by atoms with Crippen LogP contribution in [0.1, 0.15) is 31.0 Å². The van der Waals surface area contributed by atoms with Crippen molar-refractivity contribution in [2.75, 3.05) is 13.7 Å². The van der Waals surface area contributed by atoms with Gasteiger partial charge in [0.1, 0.15) is 12.6 Å². The summed E-state index contributed by atoms with van der Waals surface area (Å²) in [5.41, 5.74) is 2.43. The van der Waals surface area contributed by atoms with Gasteiger partial charge in [0.05, 0.1) is 18.7 Å². The maximum absolute atomic E-state index is 6.31. The van der Waals surface area contributed by atoms with E-state index in [4.69, 9.17) is 21.1 Å². The molecule has 0 bridgehead atoms. The van der Waals surface area contributed by atoms with Gasteiger partial charge in [-0.2, -0.15) is 0 Å². The number of ether oxygens (including phenoxy) is 2. The molecular weight excluding hydrogens is 298 g/mol. The fourth-order valence-electron chi connectivity index (χ4n) is 2.38. The Hall–Kier alpha value is -1.71. The van der Waals surface area contributed by atoms with E-state index in [0.717, 1.165) is 12.1 Å². The van der Waals surface area contributed by atoms with E-state index in [1.807, 2.05) is 25.1 Å². The van der Waals surface area contributed by atoms with Gasteiger partial charge in [0.2, 0.25) is 0 Å². The van der Waals surface area contributed by atoms with Crippen LogP contribution in [0, 0.1) is 0 Å². The molecule has 118 valence electrons. The van der Waals surface area contributed by atoms with Gasteiger partial charge in [0.15, 0.2) is 11.5 Å². The van der Waals surface area contributed by atoms with Crippen molar-refractivity contribution in [1.82, 2.24) is 0 Å². The first-order chi connectivity index (χ1) is 10.7. The molecule has 0 radical (unpaired) electrons. The highest BCUT2D eigenvalue weighted by Gasteiger charge is 2.14. The summed E-state index contributed by atoms with van der Waals surface area (Å²) in [7, 11) is 1.63. The molecule has 3 nitrogen and oxygen atoms in total. The van der Waals surface area contributed by atoms with Crippen LogP contribution in [0.5, 0.6) is 11.5 Å². The fourth-order valence-corrected chi connectivity index (χ4v) is 2.67. The highest BCUT2D eigenvalue weighted by atomic mass is 35.5. The quantitative estimate of drug-likeness (QED) is 0.846. The van der Waals surface area contributed by atoms with Crippen molar-refractivity contribution in [3.8, 4) is 11.5 Å². The van der Waals surface area contributed by atoms with Crippen molar-refractivity contribution in [2.45, 2.75) is 26.4 Å². The molecule has 2 rings (SSSR count). The van der Waals surface area contributed by atoms with Gasteiger partial charge >= 0.3 is 0 Å². The van der Waals surface area contributed by atoms with Crippen LogP contribution in [0.4, 0.5) is 0 Å². The van der Waals surface area contributed by atoms with Gasteiger partial charge in [0, 0.05) is 11.1 Å². The lowest BCUT2D eigenvalue weighted by molar-refractivity contribution is -0.707. The minimum atomic E-state index is 0.387. The summed E-state index contributed by atoms with van der Waals surface area (Å²) in [6.45, 7) is 5.52. The summed E-state index contributed by atoms with van der Waals surface area (Å²) in [5.74, 6) is 1.30. The molecule has 0 aromatic heterocycles. The Balaban J connectivity index is 2.08. The van der Waals surface area contributed by atoms with E-state index < -0.39 is 0 Å². The number of quaternary nitrogens is 1. The van der Waals surface area contributed by atoms with Crippen LogP contribution in [0.2, 0.25) is 5.02 Å². The predicted octanol–water partition coefficient (Wildman–Crippen LogP) is 3.57. The Labute approximate surface area is 137 Å². The third kappa shape index (κ3) is 4.15. The zero-order chi connectivity index (χ0) is 15.9. The molecule has 0 saturated carbocycles. The number of nitrogens with two attached hydrogens (primary N) is 1. The molecule has 2 N–H and O–H groups in total. The number of rotatable bonds is 7. The van der Waals surface area contributed by atoms with E-state index in [9.17, 15) is 0 Å².